The Balaban J connectivity index is 1.95. The normalized spacial score (nSPS) is 15.6. The maximum atomic E-state index is 12.6. The summed E-state index contributed by atoms with van der Waals surface area (Å²) in [5.74, 6) is -0.255. The Bertz CT molecular complexity index is 1020. The molecule has 1 heterocycles. The molecular formula is C23H24N2O5S. The van der Waals surface area contributed by atoms with Crippen LogP contribution in [0.1, 0.15) is 42.7 Å². The molecule has 2 aromatic carbocycles. The van der Waals surface area contributed by atoms with Crippen molar-refractivity contribution in [1.82, 2.24) is 10.6 Å². The second kappa shape index (κ2) is 10.1. The van der Waals surface area contributed by atoms with Crippen LogP contribution in [0.5, 0.6) is 11.5 Å². The fraction of sp³-hybridized carbons (Fsp3) is 0.261. The number of allylic oxidation sites excluding steroid dienone is 1. The van der Waals surface area contributed by atoms with E-state index in [0.29, 0.717) is 39.9 Å². The van der Waals surface area contributed by atoms with Gasteiger partial charge in [-0.2, -0.15) is 0 Å². The Morgan fingerprint density at radius 3 is 2.42 bits per heavy atom. The Morgan fingerprint density at radius 1 is 1.00 bits per heavy atom. The minimum Gasteiger partial charge on any atom is -0.490 e. The molecule has 2 aromatic rings. The first-order valence-electron chi connectivity index (χ1n) is 9.94. The van der Waals surface area contributed by atoms with Gasteiger partial charge in [0.15, 0.2) is 16.6 Å². The van der Waals surface area contributed by atoms with Crippen LogP contribution in [0.25, 0.3) is 0 Å². The first kappa shape index (κ1) is 22.3. The molecule has 0 spiro atoms. The quantitative estimate of drug-likeness (QED) is 0.383. The van der Waals surface area contributed by atoms with Crippen molar-refractivity contribution in [3.8, 4) is 11.5 Å². The number of ether oxygens (including phenoxy) is 3. The molecule has 1 aliphatic rings. The lowest BCUT2D eigenvalue weighted by Crippen LogP contribution is -2.45. The zero-order chi connectivity index (χ0) is 22.4. The molecule has 2 N–H and O–H groups in total. The average Bonchev–Trinajstić information content (AvgIpc) is 2.75. The van der Waals surface area contributed by atoms with Gasteiger partial charge in [0.05, 0.1) is 30.4 Å². The van der Waals surface area contributed by atoms with Gasteiger partial charge in [-0.3, -0.25) is 0 Å². The third-order valence-corrected chi connectivity index (χ3v) is 4.80. The molecule has 0 bridgehead atoms. The molecule has 0 radical (unpaired) electrons. The van der Waals surface area contributed by atoms with Crippen molar-refractivity contribution in [1.29, 1.82) is 0 Å². The number of thiocarbonyl (C=S) groups is 1. The predicted octanol–water partition coefficient (Wildman–Crippen LogP) is 3.66. The van der Waals surface area contributed by atoms with E-state index in [0.717, 1.165) is 0 Å². The van der Waals surface area contributed by atoms with Crippen molar-refractivity contribution >= 4 is 29.3 Å². The van der Waals surface area contributed by atoms with Crippen molar-refractivity contribution in [3.05, 3.63) is 70.9 Å². The highest BCUT2D eigenvalue weighted by molar-refractivity contribution is 7.80. The number of hydrogen-bond acceptors (Lipinski definition) is 6. The number of benzene rings is 2. The molecule has 1 aliphatic heterocycles. The molecule has 8 heteroatoms. The van der Waals surface area contributed by atoms with Gasteiger partial charge in [-0.05, 0) is 62.8 Å². The predicted molar refractivity (Wildman–Crippen MR) is 120 cm³/mol. The zero-order valence-electron chi connectivity index (χ0n) is 17.6. The van der Waals surface area contributed by atoms with Crippen LogP contribution in [0.15, 0.2) is 59.8 Å². The van der Waals surface area contributed by atoms with Crippen LogP contribution in [-0.2, 0) is 9.53 Å². The summed E-state index contributed by atoms with van der Waals surface area (Å²) in [5, 5.41) is 6.46. The summed E-state index contributed by atoms with van der Waals surface area (Å²) in [6, 6.07) is 13.3. The molecule has 0 saturated carbocycles. The molecular weight excluding hydrogens is 416 g/mol. The minimum atomic E-state index is -0.536. The number of esters is 2. The van der Waals surface area contributed by atoms with Gasteiger partial charge < -0.3 is 24.8 Å². The summed E-state index contributed by atoms with van der Waals surface area (Å²) in [7, 11) is 0. The third-order valence-electron chi connectivity index (χ3n) is 4.58. The molecule has 0 fully saturated rings. The van der Waals surface area contributed by atoms with Gasteiger partial charge in [-0.1, -0.05) is 24.3 Å². The monoisotopic (exact) mass is 440 g/mol. The lowest BCUT2D eigenvalue weighted by Gasteiger charge is -2.30. The average molecular weight is 441 g/mol. The van der Waals surface area contributed by atoms with Crippen LogP contribution < -0.4 is 20.1 Å². The third kappa shape index (κ3) is 5.21. The largest absolute Gasteiger partial charge is 0.490 e. The Morgan fingerprint density at radius 2 is 1.74 bits per heavy atom. The summed E-state index contributed by atoms with van der Waals surface area (Å²) >= 11 is 5.28. The first-order valence-corrected chi connectivity index (χ1v) is 10.3. The van der Waals surface area contributed by atoms with E-state index < -0.39 is 18.0 Å². The van der Waals surface area contributed by atoms with Crippen molar-refractivity contribution < 1.29 is 23.8 Å². The molecule has 0 aromatic heterocycles. The van der Waals surface area contributed by atoms with Crippen LogP contribution in [-0.4, -0.2) is 30.3 Å². The van der Waals surface area contributed by atoms with Gasteiger partial charge in [0, 0.05) is 5.70 Å². The number of carbonyl (C=O) groups excluding carboxylic acids is 2. The number of rotatable bonds is 7. The van der Waals surface area contributed by atoms with E-state index in [2.05, 4.69) is 10.6 Å². The number of carbonyl (C=O) groups is 2. The fourth-order valence-electron chi connectivity index (χ4n) is 3.21. The van der Waals surface area contributed by atoms with Crippen molar-refractivity contribution in [2.45, 2.75) is 26.8 Å². The van der Waals surface area contributed by atoms with Crippen LogP contribution in [0.2, 0.25) is 0 Å². The topological polar surface area (TPSA) is 85.9 Å². The van der Waals surface area contributed by atoms with Crippen LogP contribution in [0, 0.1) is 0 Å². The lowest BCUT2D eigenvalue weighted by molar-refractivity contribution is -0.139. The fourth-order valence-corrected chi connectivity index (χ4v) is 3.48. The standard InChI is InChI=1S/C23H24N2O5S/c1-4-28-18-13-16(11-12-17(18)30-21(26)15-9-7-6-8-10-15)20-19(22(27)29-5-2)14(3)24-23(31)25-20/h6-13,20H,4-5H2,1-3H3,(H2,24,25,31). The van der Waals surface area contributed by atoms with Crippen molar-refractivity contribution in [3.63, 3.8) is 0 Å². The van der Waals surface area contributed by atoms with Gasteiger partial charge in [-0.25, -0.2) is 9.59 Å². The van der Waals surface area contributed by atoms with E-state index in [9.17, 15) is 9.59 Å². The molecule has 162 valence electrons. The van der Waals surface area contributed by atoms with E-state index in [1.807, 2.05) is 13.0 Å². The lowest BCUT2D eigenvalue weighted by atomic mass is 9.95. The van der Waals surface area contributed by atoms with Crippen LogP contribution in [0.3, 0.4) is 0 Å². The molecule has 0 amide bonds. The van der Waals surface area contributed by atoms with E-state index in [1.54, 1.807) is 56.3 Å². The Kier molecular flexibility index (Phi) is 7.25. The summed E-state index contributed by atoms with van der Waals surface area (Å²) in [6.45, 7) is 5.98. The van der Waals surface area contributed by atoms with Gasteiger partial charge in [0.2, 0.25) is 0 Å². The molecule has 7 nitrogen and oxygen atoms in total. The van der Waals surface area contributed by atoms with Crippen molar-refractivity contribution in [2.75, 3.05) is 13.2 Å². The van der Waals surface area contributed by atoms with E-state index >= 15 is 0 Å². The number of nitrogens with one attached hydrogen (secondary N) is 2. The van der Waals surface area contributed by atoms with Crippen LogP contribution >= 0.6 is 12.2 Å². The molecule has 3 rings (SSSR count). The summed E-state index contributed by atoms with van der Waals surface area (Å²) in [4.78, 5) is 25.0. The molecule has 0 saturated heterocycles. The first-order chi connectivity index (χ1) is 14.9. The molecule has 31 heavy (non-hydrogen) atoms. The van der Waals surface area contributed by atoms with E-state index in [-0.39, 0.29) is 12.4 Å². The highest BCUT2D eigenvalue weighted by Gasteiger charge is 2.31. The maximum absolute atomic E-state index is 12.6. The summed E-state index contributed by atoms with van der Waals surface area (Å²) < 4.78 is 16.5. The van der Waals surface area contributed by atoms with E-state index in [4.69, 9.17) is 26.4 Å². The SMILES string of the molecule is CCOC(=O)C1=C(C)NC(=S)NC1c1ccc(OC(=O)c2ccccc2)c(OCC)c1. The second-order valence-electron chi connectivity index (χ2n) is 6.69. The van der Waals surface area contributed by atoms with Crippen molar-refractivity contribution in [2.24, 2.45) is 0 Å². The molecule has 1 atom stereocenters. The minimum absolute atomic E-state index is 0.255. The van der Waals surface area contributed by atoms with Gasteiger partial charge >= 0.3 is 11.9 Å². The Hall–Kier alpha value is -3.39. The highest BCUT2D eigenvalue weighted by Crippen LogP contribution is 2.35. The van der Waals surface area contributed by atoms with Crippen LogP contribution in [0.4, 0.5) is 0 Å². The highest BCUT2D eigenvalue weighted by atomic mass is 32.1. The van der Waals surface area contributed by atoms with Gasteiger partial charge in [0.25, 0.3) is 0 Å². The Labute approximate surface area is 186 Å². The second-order valence-corrected chi connectivity index (χ2v) is 7.09. The number of hydrogen-bond donors (Lipinski definition) is 2. The molecule has 1 unspecified atom stereocenters. The van der Waals surface area contributed by atoms with Gasteiger partial charge in [-0.15, -0.1) is 0 Å². The van der Waals surface area contributed by atoms with Gasteiger partial charge in [0.1, 0.15) is 0 Å². The van der Waals surface area contributed by atoms with E-state index in [1.165, 1.54) is 0 Å². The molecule has 0 aliphatic carbocycles. The maximum Gasteiger partial charge on any atom is 0.343 e. The summed E-state index contributed by atoms with van der Waals surface area (Å²) in [5.41, 5.74) is 2.19. The summed E-state index contributed by atoms with van der Waals surface area (Å²) in [6.07, 6.45) is 0. The smallest absolute Gasteiger partial charge is 0.343 e. The zero-order valence-corrected chi connectivity index (χ0v) is 18.4.